The molecule has 0 bridgehead atoms. The van der Waals surface area contributed by atoms with E-state index in [-0.39, 0.29) is 17.8 Å². The van der Waals surface area contributed by atoms with Crippen LogP contribution < -0.4 is 4.74 Å². The Morgan fingerprint density at radius 2 is 1.92 bits per heavy atom. The fourth-order valence-corrected chi connectivity index (χ4v) is 2.84. The van der Waals surface area contributed by atoms with Gasteiger partial charge in [0.15, 0.2) is 0 Å². The third-order valence-electron chi connectivity index (χ3n) is 4.05. The zero-order valence-corrected chi connectivity index (χ0v) is 13.0. The van der Waals surface area contributed by atoms with Crippen LogP contribution in [0.2, 0.25) is 0 Å². The number of nitrogens with zero attached hydrogens (tertiary/aromatic N) is 4. The molecule has 4 rings (SSSR count). The summed E-state index contributed by atoms with van der Waals surface area (Å²) in [7, 11) is 0. The van der Waals surface area contributed by atoms with Gasteiger partial charge in [-0.2, -0.15) is 0 Å². The first-order valence-corrected chi connectivity index (χ1v) is 7.88. The van der Waals surface area contributed by atoms with Crippen LogP contribution in [0.1, 0.15) is 17.0 Å². The van der Waals surface area contributed by atoms with Gasteiger partial charge in [0.2, 0.25) is 11.7 Å². The average Bonchev–Trinajstić information content (AvgIpc) is 3.10. The quantitative estimate of drug-likeness (QED) is 0.741. The minimum absolute atomic E-state index is 0.0636. The number of ether oxygens (including phenoxy) is 1. The highest BCUT2D eigenvalue weighted by molar-refractivity contribution is 5.90. The Labute approximate surface area is 139 Å². The van der Waals surface area contributed by atoms with Gasteiger partial charge in [0, 0.05) is 36.8 Å². The second kappa shape index (κ2) is 6.23. The molecule has 0 radical (unpaired) electrons. The second-order valence-electron chi connectivity index (χ2n) is 5.69. The van der Waals surface area contributed by atoms with Crippen LogP contribution in [0.15, 0.2) is 54.9 Å². The molecule has 1 unspecified atom stereocenters. The first kappa shape index (κ1) is 14.6. The van der Waals surface area contributed by atoms with Gasteiger partial charge in [0.25, 0.3) is 5.91 Å². The molecule has 3 aromatic rings. The average molecular weight is 320 g/mol. The Balaban J connectivity index is 1.44. The maximum atomic E-state index is 12.3. The van der Waals surface area contributed by atoms with Gasteiger partial charge in [-0.15, -0.1) is 0 Å². The van der Waals surface area contributed by atoms with Crippen LogP contribution in [0.3, 0.4) is 0 Å². The van der Waals surface area contributed by atoms with E-state index in [9.17, 15) is 4.79 Å². The standard InChI is InChI=1S/C18H16N4O2/c23-18(17-19-9-3-10-20-17)22-11-8-14(12-22)24-16-7-6-13-4-1-2-5-15(13)21-16/h1-7,9-10,14H,8,11-12H2. The Morgan fingerprint density at radius 1 is 1.08 bits per heavy atom. The molecule has 1 atom stereocenters. The molecule has 1 aliphatic heterocycles. The van der Waals surface area contributed by atoms with E-state index >= 15 is 0 Å². The number of amides is 1. The topological polar surface area (TPSA) is 68.2 Å². The molecule has 24 heavy (non-hydrogen) atoms. The Morgan fingerprint density at radius 3 is 2.79 bits per heavy atom. The third-order valence-corrected chi connectivity index (χ3v) is 4.05. The van der Waals surface area contributed by atoms with Crippen molar-refractivity contribution in [3.8, 4) is 5.88 Å². The van der Waals surface area contributed by atoms with Gasteiger partial charge >= 0.3 is 0 Å². The SMILES string of the molecule is O=C(c1ncccn1)N1CCC(Oc2ccc3ccccc3n2)C1. The molecule has 1 saturated heterocycles. The molecule has 1 aromatic carbocycles. The van der Waals surface area contributed by atoms with Gasteiger partial charge in [-0.05, 0) is 18.2 Å². The van der Waals surface area contributed by atoms with Crippen LogP contribution in [-0.4, -0.2) is 45.0 Å². The van der Waals surface area contributed by atoms with Gasteiger partial charge in [-0.1, -0.05) is 18.2 Å². The molecule has 1 aliphatic rings. The van der Waals surface area contributed by atoms with E-state index in [4.69, 9.17) is 4.74 Å². The largest absolute Gasteiger partial charge is 0.472 e. The monoisotopic (exact) mass is 320 g/mol. The predicted molar refractivity (Wildman–Crippen MR) is 88.7 cm³/mol. The summed E-state index contributed by atoms with van der Waals surface area (Å²) in [5, 5.41) is 1.08. The molecule has 120 valence electrons. The summed E-state index contributed by atoms with van der Waals surface area (Å²) in [6, 6.07) is 13.5. The van der Waals surface area contributed by atoms with E-state index in [2.05, 4.69) is 15.0 Å². The summed E-state index contributed by atoms with van der Waals surface area (Å²) < 4.78 is 5.95. The van der Waals surface area contributed by atoms with Gasteiger partial charge < -0.3 is 9.64 Å². The molecular formula is C18H16N4O2. The number of carbonyl (C=O) groups excluding carboxylic acids is 1. The van der Waals surface area contributed by atoms with Crippen molar-refractivity contribution in [3.05, 3.63) is 60.7 Å². The van der Waals surface area contributed by atoms with Crippen molar-refractivity contribution in [2.24, 2.45) is 0 Å². The molecule has 0 aliphatic carbocycles. The summed E-state index contributed by atoms with van der Waals surface area (Å²) in [4.78, 5) is 26.6. The van der Waals surface area contributed by atoms with E-state index < -0.39 is 0 Å². The number of para-hydroxylation sites is 1. The van der Waals surface area contributed by atoms with Crippen molar-refractivity contribution < 1.29 is 9.53 Å². The number of aromatic nitrogens is 3. The summed E-state index contributed by atoms with van der Waals surface area (Å²) >= 11 is 0. The molecule has 3 heterocycles. The van der Waals surface area contributed by atoms with Crippen molar-refractivity contribution in [1.82, 2.24) is 19.9 Å². The highest BCUT2D eigenvalue weighted by Crippen LogP contribution is 2.20. The number of hydrogen-bond donors (Lipinski definition) is 0. The summed E-state index contributed by atoms with van der Waals surface area (Å²) in [5.41, 5.74) is 0.901. The smallest absolute Gasteiger partial charge is 0.291 e. The highest BCUT2D eigenvalue weighted by atomic mass is 16.5. The number of hydrogen-bond acceptors (Lipinski definition) is 5. The number of fused-ring (bicyclic) bond motifs is 1. The molecule has 0 N–H and O–H groups in total. The summed E-state index contributed by atoms with van der Waals surface area (Å²) in [6.07, 6.45) is 3.85. The van der Waals surface area contributed by atoms with Crippen LogP contribution in [0, 0.1) is 0 Å². The summed E-state index contributed by atoms with van der Waals surface area (Å²) in [6.45, 7) is 1.15. The van der Waals surface area contributed by atoms with E-state index in [0.717, 1.165) is 17.3 Å². The normalized spacial score (nSPS) is 17.2. The van der Waals surface area contributed by atoms with Crippen molar-refractivity contribution in [2.45, 2.75) is 12.5 Å². The van der Waals surface area contributed by atoms with Crippen LogP contribution in [0.5, 0.6) is 5.88 Å². The Kier molecular flexibility index (Phi) is 3.78. The van der Waals surface area contributed by atoms with E-state index in [1.807, 2.05) is 36.4 Å². The minimum Gasteiger partial charge on any atom is -0.472 e. The fourth-order valence-electron chi connectivity index (χ4n) is 2.84. The maximum absolute atomic E-state index is 12.3. The third kappa shape index (κ3) is 2.90. The van der Waals surface area contributed by atoms with Crippen LogP contribution >= 0.6 is 0 Å². The number of benzene rings is 1. The minimum atomic E-state index is -0.159. The van der Waals surface area contributed by atoms with Crippen LogP contribution in [-0.2, 0) is 0 Å². The molecule has 1 amide bonds. The molecule has 1 fully saturated rings. The number of pyridine rings is 1. The molecule has 6 heteroatoms. The second-order valence-corrected chi connectivity index (χ2v) is 5.69. The first-order valence-electron chi connectivity index (χ1n) is 7.88. The number of carbonyl (C=O) groups is 1. The lowest BCUT2D eigenvalue weighted by Crippen LogP contribution is -2.32. The van der Waals surface area contributed by atoms with Gasteiger partial charge in [-0.3, -0.25) is 4.79 Å². The Bertz CT molecular complexity index is 869. The number of rotatable bonds is 3. The van der Waals surface area contributed by atoms with Gasteiger partial charge in [0.05, 0.1) is 12.1 Å². The molecule has 0 spiro atoms. The zero-order valence-electron chi connectivity index (χ0n) is 13.0. The molecule has 0 saturated carbocycles. The summed E-state index contributed by atoms with van der Waals surface area (Å²) in [5.74, 6) is 0.652. The highest BCUT2D eigenvalue weighted by Gasteiger charge is 2.29. The van der Waals surface area contributed by atoms with Crippen LogP contribution in [0.4, 0.5) is 0 Å². The van der Waals surface area contributed by atoms with E-state index in [1.54, 1.807) is 23.4 Å². The lowest BCUT2D eigenvalue weighted by Gasteiger charge is -2.16. The van der Waals surface area contributed by atoms with E-state index in [1.165, 1.54) is 0 Å². The molecule has 2 aromatic heterocycles. The lowest BCUT2D eigenvalue weighted by molar-refractivity contribution is 0.0759. The van der Waals surface area contributed by atoms with Crippen molar-refractivity contribution in [2.75, 3.05) is 13.1 Å². The van der Waals surface area contributed by atoms with Crippen molar-refractivity contribution in [3.63, 3.8) is 0 Å². The first-order chi connectivity index (χ1) is 11.8. The fraction of sp³-hybridized carbons (Fsp3) is 0.222. The lowest BCUT2D eigenvalue weighted by atomic mass is 10.2. The van der Waals surface area contributed by atoms with Gasteiger partial charge in [-0.25, -0.2) is 15.0 Å². The van der Waals surface area contributed by atoms with E-state index in [0.29, 0.717) is 19.0 Å². The molecular weight excluding hydrogens is 304 g/mol. The van der Waals surface area contributed by atoms with Gasteiger partial charge in [0.1, 0.15) is 6.10 Å². The van der Waals surface area contributed by atoms with Crippen molar-refractivity contribution in [1.29, 1.82) is 0 Å². The number of likely N-dealkylation sites (tertiary alicyclic amines) is 1. The predicted octanol–water partition coefficient (Wildman–Crippen LogP) is 2.32. The van der Waals surface area contributed by atoms with Crippen LogP contribution in [0.25, 0.3) is 10.9 Å². The Hall–Kier alpha value is -3.02. The zero-order chi connectivity index (χ0) is 16.4. The maximum Gasteiger partial charge on any atom is 0.291 e. The molecule has 6 nitrogen and oxygen atoms in total. The van der Waals surface area contributed by atoms with Crippen molar-refractivity contribution >= 4 is 16.8 Å².